The maximum atomic E-state index is 4.75. The highest BCUT2D eigenvalue weighted by atomic mass is 32.1. The standard InChI is InChI=1S/C17H23NS/c1-11(17-12(2)19-13(3)18-17)15-9-6-10-16(15)14-7-4-5-8-14/h4-10H2,1-3H3/b15-11-. The first kappa shape index (κ1) is 13.1. The van der Waals surface area contributed by atoms with Gasteiger partial charge in [-0.15, -0.1) is 11.3 Å². The van der Waals surface area contributed by atoms with Crippen molar-refractivity contribution in [2.24, 2.45) is 0 Å². The molecule has 1 heterocycles. The van der Waals surface area contributed by atoms with Crippen LogP contribution in [0.5, 0.6) is 0 Å². The van der Waals surface area contributed by atoms with Crippen LogP contribution in [0.25, 0.3) is 5.57 Å². The molecule has 2 fully saturated rings. The van der Waals surface area contributed by atoms with E-state index < -0.39 is 0 Å². The molecule has 0 amide bonds. The number of rotatable bonds is 1. The Balaban J connectivity index is 2.05. The quantitative estimate of drug-likeness (QED) is 0.650. The van der Waals surface area contributed by atoms with Gasteiger partial charge in [-0.05, 0) is 82.4 Å². The first-order valence-corrected chi connectivity index (χ1v) is 8.34. The molecule has 102 valence electrons. The SMILES string of the molecule is C/C(=C1\CCCC1=C1CCCC1)c1nc(C)sc1C. The summed E-state index contributed by atoms with van der Waals surface area (Å²) in [4.78, 5) is 6.13. The van der Waals surface area contributed by atoms with Crippen molar-refractivity contribution in [3.63, 3.8) is 0 Å². The molecule has 0 radical (unpaired) electrons. The predicted molar refractivity (Wildman–Crippen MR) is 83.5 cm³/mol. The average Bonchev–Trinajstić information content (AvgIpc) is 3.06. The molecule has 2 aliphatic carbocycles. The van der Waals surface area contributed by atoms with E-state index in [0.29, 0.717) is 0 Å². The summed E-state index contributed by atoms with van der Waals surface area (Å²) in [5.41, 5.74) is 7.81. The van der Waals surface area contributed by atoms with Gasteiger partial charge in [0.2, 0.25) is 0 Å². The Morgan fingerprint density at radius 2 is 1.74 bits per heavy atom. The van der Waals surface area contributed by atoms with Crippen LogP contribution in [-0.4, -0.2) is 4.98 Å². The summed E-state index contributed by atoms with van der Waals surface area (Å²) in [6.45, 7) is 6.61. The van der Waals surface area contributed by atoms with Crippen LogP contribution in [0, 0.1) is 13.8 Å². The monoisotopic (exact) mass is 273 g/mol. The summed E-state index contributed by atoms with van der Waals surface area (Å²) in [5, 5.41) is 1.19. The van der Waals surface area contributed by atoms with Gasteiger partial charge >= 0.3 is 0 Å². The highest BCUT2D eigenvalue weighted by molar-refractivity contribution is 7.11. The van der Waals surface area contributed by atoms with Gasteiger partial charge in [0, 0.05) is 4.88 Å². The Morgan fingerprint density at radius 1 is 1.00 bits per heavy atom. The van der Waals surface area contributed by atoms with E-state index in [2.05, 4.69) is 20.8 Å². The van der Waals surface area contributed by atoms with Gasteiger partial charge in [-0.1, -0.05) is 5.57 Å². The van der Waals surface area contributed by atoms with Crippen LogP contribution >= 0.6 is 11.3 Å². The largest absolute Gasteiger partial charge is 0.242 e. The Kier molecular flexibility index (Phi) is 3.62. The molecule has 0 N–H and O–H groups in total. The molecule has 1 aromatic rings. The second-order valence-electron chi connectivity index (χ2n) is 5.88. The third-order valence-corrected chi connectivity index (χ3v) is 5.45. The minimum absolute atomic E-state index is 1.19. The third-order valence-electron chi connectivity index (χ3n) is 4.56. The predicted octanol–water partition coefficient (Wildman–Crippen LogP) is 5.59. The molecule has 0 saturated heterocycles. The second-order valence-corrected chi connectivity index (χ2v) is 7.29. The average molecular weight is 273 g/mol. The van der Waals surface area contributed by atoms with E-state index in [9.17, 15) is 0 Å². The Bertz CT molecular complexity index is 552. The van der Waals surface area contributed by atoms with Crippen molar-refractivity contribution in [3.8, 4) is 0 Å². The molecule has 0 atom stereocenters. The molecule has 0 bridgehead atoms. The topological polar surface area (TPSA) is 12.9 Å². The highest BCUT2D eigenvalue weighted by Gasteiger charge is 2.23. The smallest absolute Gasteiger partial charge is 0.0904 e. The van der Waals surface area contributed by atoms with Crippen LogP contribution in [0.3, 0.4) is 0 Å². The van der Waals surface area contributed by atoms with Gasteiger partial charge < -0.3 is 0 Å². The van der Waals surface area contributed by atoms with E-state index in [-0.39, 0.29) is 0 Å². The van der Waals surface area contributed by atoms with E-state index in [1.807, 2.05) is 11.3 Å². The summed E-state index contributed by atoms with van der Waals surface area (Å²) in [6, 6.07) is 0. The maximum absolute atomic E-state index is 4.75. The molecule has 1 nitrogen and oxygen atoms in total. The van der Waals surface area contributed by atoms with Gasteiger partial charge in [-0.2, -0.15) is 0 Å². The second kappa shape index (κ2) is 5.24. The minimum Gasteiger partial charge on any atom is -0.242 e. The van der Waals surface area contributed by atoms with Crippen LogP contribution in [0.15, 0.2) is 16.7 Å². The van der Waals surface area contributed by atoms with Crippen molar-refractivity contribution in [2.45, 2.75) is 65.7 Å². The minimum atomic E-state index is 1.19. The van der Waals surface area contributed by atoms with Gasteiger partial charge in [-0.25, -0.2) is 4.98 Å². The fourth-order valence-corrected chi connectivity index (χ4v) is 4.55. The Morgan fingerprint density at radius 3 is 2.37 bits per heavy atom. The summed E-state index contributed by atoms with van der Waals surface area (Å²) >= 11 is 1.83. The Hall–Kier alpha value is -0.890. The van der Waals surface area contributed by atoms with E-state index in [4.69, 9.17) is 4.98 Å². The van der Waals surface area contributed by atoms with Crippen molar-refractivity contribution < 1.29 is 0 Å². The van der Waals surface area contributed by atoms with Crippen molar-refractivity contribution in [1.29, 1.82) is 0 Å². The molecule has 0 aliphatic heterocycles. The van der Waals surface area contributed by atoms with Gasteiger partial charge in [-0.3, -0.25) is 0 Å². The zero-order valence-electron chi connectivity index (χ0n) is 12.3. The van der Waals surface area contributed by atoms with Gasteiger partial charge in [0.25, 0.3) is 0 Å². The van der Waals surface area contributed by atoms with E-state index in [1.165, 1.54) is 66.1 Å². The molecule has 2 heteroatoms. The lowest BCUT2D eigenvalue weighted by atomic mass is 9.96. The summed E-state index contributed by atoms with van der Waals surface area (Å²) < 4.78 is 0. The lowest BCUT2D eigenvalue weighted by Gasteiger charge is -2.10. The third kappa shape index (κ3) is 2.43. The summed E-state index contributed by atoms with van der Waals surface area (Å²) in [5.74, 6) is 0. The molecular formula is C17H23NS. The maximum Gasteiger partial charge on any atom is 0.0904 e. The number of aromatic nitrogens is 1. The lowest BCUT2D eigenvalue weighted by Crippen LogP contribution is -1.92. The number of nitrogens with zero attached hydrogens (tertiary/aromatic N) is 1. The van der Waals surface area contributed by atoms with E-state index in [0.717, 1.165) is 0 Å². The molecule has 19 heavy (non-hydrogen) atoms. The van der Waals surface area contributed by atoms with Gasteiger partial charge in [0.15, 0.2) is 0 Å². The molecule has 2 saturated carbocycles. The van der Waals surface area contributed by atoms with Crippen LogP contribution in [0.2, 0.25) is 0 Å². The van der Waals surface area contributed by atoms with Crippen LogP contribution in [0.1, 0.15) is 67.4 Å². The first-order valence-electron chi connectivity index (χ1n) is 7.52. The molecule has 1 aromatic heterocycles. The lowest BCUT2D eigenvalue weighted by molar-refractivity contribution is 0.886. The first-order chi connectivity index (χ1) is 9.16. The molecule has 0 spiro atoms. The fraction of sp³-hybridized carbons (Fsp3) is 0.588. The zero-order chi connectivity index (χ0) is 13.4. The fourth-order valence-electron chi connectivity index (χ4n) is 3.67. The van der Waals surface area contributed by atoms with Gasteiger partial charge in [0.05, 0.1) is 10.7 Å². The van der Waals surface area contributed by atoms with Crippen LogP contribution in [-0.2, 0) is 0 Å². The number of aryl methyl sites for hydroxylation is 2. The molecule has 2 aliphatic rings. The zero-order valence-corrected chi connectivity index (χ0v) is 13.1. The van der Waals surface area contributed by atoms with E-state index in [1.54, 1.807) is 16.7 Å². The number of thiazole rings is 1. The van der Waals surface area contributed by atoms with Crippen molar-refractivity contribution in [1.82, 2.24) is 4.98 Å². The summed E-state index contributed by atoms with van der Waals surface area (Å²) in [6.07, 6.45) is 9.42. The normalized spacial score (nSPS) is 22.5. The highest BCUT2D eigenvalue weighted by Crippen LogP contribution is 2.42. The Labute approximate surface area is 120 Å². The van der Waals surface area contributed by atoms with Crippen molar-refractivity contribution in [2.75, 3.05) is 0 Å². The summed E-state index contributed by atoms with van der Waals surface area (Å²) in [7, 11) is 0. The molecule has 3 rings (SSSR count). The molecule has 0 unspecified atom stereocenters. The molecular weight excluding hydrogens is 250 g/mol. The number of hydrogen-bond donors (Lipinski definition) is 0. The van der Waals surface area contributed by atoms with Crippen LogP contribution in [0.4, 0.5) is 0 Å². The van der Waals surface area contributed by atoms with Crippen molar-refractivity contribution >= 4 is 16.9 Å². The van der Waals surface area contributed by atoms with Crippen LogP contribution < -0.4 is 0 Å². The number of hydrogen-bond acceptors (Lipinski definition) is 2. The van der Waals surface area contributed by atoms with Crippen molar-refractivity contribution in [3.05, 3.63) is 32.3 Å². The molecule has 0 aromatic carbocycles. The van der Waals surface area contributed by atoms with E-state index >= 15 is 0 Å². The number of allylic oxidation sites excluding steroid dienone is 4. The van der Waals surface area contributed by atoms with Gasteiger partial charge in [0.1, 0.15) is 0 Å².